The maximum absolute atomic E-state index is 11.4. The van der Waals surface area contributed by atoms with E-state index in [1.54, 1.807) is 0 Å². The first-order valence-electron chi connectivity index (χ1n) is 5.09. The van der Waals surface area contributed by atoms with E-state index in [9.17, 15) is 4.79 Å². The van der Waals surface area contributed by atoms with Gasteiger partial charge in [0.05, 0.1) is 12.7 Å². The molecule has 1 saturated heterocycles. The second kappa shape index (κ2) is 7.05. The molecule has 0 aliphatic carbocycles. The van der Waals surface area contributed by atoms with E-state index in [1.807, 2.05) is 11.8 Å². The van der Waals surface area contributed by atoms with E-state index in [0.29, 0.717) is 6.42 Å². The molecule has 0 aromatic heterocycles. The lowest BCUT2D eigenvalue weighted by Gasteiger charge is -2.22. The SMILES string of the molecule is O=C(CC1CSCCN1)NCC(O)CO. The van der Waals surface area contributed by atoms with E-state index < -0.39 is 6.10 Å². The molecule has 0 spiro atoms. The van der Waals surface area contributed by atoms with Crippen molar-refractivity contribution >= 4 is 17.7 Å². The van der Waals surface area contributed by atoms with Crippen molar-refractivity contribution in [2.24, 2.45) is 0 Å². The minimum absolute atomic E-state index is 0.0810. The van der Waals surface area contributed by atoms with Crippen LogP contribution >= 0.6 is 11.8 Å². The normalized spacial score (nSPS) is 23.5. The lowest BCUT2D eigenvalue weighted by Crippen LogP contribution is -2.42. The third kappa shape index (κ3) is 5.36. The highest BCUT2D eigenvalue weighted by atomic mass is 32.2. The predicted molar refractivity (Wildman–Crippen MR) is 59.8 cm³/mol. The van der Waals surface area contributed by atoms with Crippen LogP contribution in [0.25, 0.3) is 0 Å². The molecule has 4 N–H and O–H groups in total. The van der Waals surface area contributed by atoms with Crippen LogP contribution in [0.4, 0.5) is 0 Å². The van der Waals surface area contributed by atoms with Crippen molar-refractivity contribution in [2.45, 2.75) is 18.6 Å². The minimum atomic E-state index is -0.859. The van der Waals surface area contributed by atoms with Gasteiger partial charge in [-0.25, -0.2) is 0 Å². The number of hydrogen-bond donors (Lipinski definition) is 4. The van der Waals surface area contributed by atoms with Gasteiger partial charge in [-0.15, -0.1) is 0 Å². The van der Waals surface area contributed by atoms with Gasteiger partial charge in [-0.1, -0.05) is 0 Å². The van der Waals surface area contributed by atoms with Gasteiger partial charge in [-0.3, -0.25) is 4.79 Å². The van der Waals surface area contributed by atoms with E-state index in [4.69, 9.17) is 10.2 Å². The number of rotatable bonds is 5. The van der Waals surface area contributed by atoms with Crippen LogP contribution in [0.1, 0.15) is 6.42 Å². The average molecular weight is 234 g/mol. The maximum Gasteiger partial charge on any atom is 0.221 e. The summed E-state index contributed by atoms with van der Waals surface area (Å²) < 4.78 is 0. The minimum Gasteiger partial charge on any atom is -0.394 e. The van der Waals surface area contributed by atoms with Gasteiger partial charge in [0.1, 0.15) is 0 Å². The largest absolute Gasteiger partial charge is 0.394 e. The molecule has 0 aromatic rings. The highest BCUT2D eigenvalue weighted by Crippen LogP contribution is 2.09. The van der Waals surface area contributed by atoms with E-state index in [-0.39, 0.29) is 25.1 Å². The second-order valence-electron chi connectivity index (χ2n) is 3.57. The van der Waals surface area contributed by atoms with Gasteiger partial charge in [0.2, 0.25) is 5.91 Å². The molecule has 1 aliphatic heterocycles. The summed E-state index contributed by atoms with van der Waals surface area (Å²) in [5.74, 6) is 1.97. The average Bonchev–Trinajstić information content (AvgIpc) is 2.27. The third-order valence-corrected chi connectivity index (χ3v) is 3.31. The first-order valence-corrected chi connectivity index (χ1v) is 6.24. The van der Waals surface area contributed by atoms with Gasteiger partial charge in [0, 0.05) is 37.1 Å². The molecule has 15 heavy (non-hydrogen) atoms. The highest BCUT2D eigenvalue weighted by molar-refractivity contribution is 7.99. The predicted octanol–water partition coefficient (Wildman–Crippen LogP) is -1.45. The van der Waals surface area contributed by atoms with Gasteiger partial charge in [0.25, 0.3) is 0 Å². The Morgan fingerprint density at radius 3 is 3.07 bits per heavy atom. The third-order valence-electron chi connectivity index (χ3n) is 2.18. The molecule has 1 fully saturated rings. The lowest BCUT2D eigenvalue weighted by molar-refractivity contribution is -0.122. The number of thioether (sulfide) groups is 1. The van der Waals surface area contributed by atoms with Crippen molar-refractivity contribution in [3.63, 3.8) is 0 Å². The van der Waals surface area contributed by atoms with Crippen molar-refractivity contribution in [1.29, 1.82) is 0 Å². The van der Waals surface area contributed by atoms with E-state index in [2.05, 4.69) is 10.6 Å². The van der Waals surface area contributed by atoms with Crippen LogP contribution < -0.4 is 10.6 Å². The summed E-state index contributed by atoms with van der Waals surface area (Å²) in [6.07, 6.45) is -0.423. The molecule has 1 rings (SSSR count). The zero-order valence-electron chi connectivity index (χ0n) is 8.61. The van der Waals surface area contributed by atoms with Gasteiger partial charge < -0.3 is 20.8 Å². The molecule has 0 saturated carbocycles. The summed E-state index contributed by atoms with van der Waals surface area (Å²) in [5, 5.41) is 23.4. The van der Waals surface area contributed by atoms with E-state index >= 15 is 0 Å². The molecule has 0 aromatic carbocycles. The zero-order valence-corrected chi connectivity index (χ0v) is 9.42. The molecular weight excluding hydrogens is 216 g/mol. The first-order chi connectivity index (χ1) is 7.22. The van der Waals surface area contributed by atoms with Crippen LogP contribution in [0.3, 0.4) is 0 Å². The Morgan fingerprint density at radius 2 is 2.47 bits per heavy atom. The standard InChI is InChI=1S/C9H18N2O3S/c12-5-8(13)4-11-9(14)3-7-6-15-2-1-10-7/h7-8,10,12-13H,1-6H2,(H,11,14). The van der Waals surface area contributed by atoms with Crippen LogP contribution in [0.2, 0.25) is 0 Å². The van der Waals surface area contributed by atoms with Crippen LogP contribution in [0, 0.1) is 0 Å². The monoisotopic (exact) mass is 234 g/mol. The quantitative estimate of drug-likeness (QED) is 0.468. The van der Waals surface area contributed by atoms with Crippen LogP contribution in [0.5, 0.6) is 0 Å². The van der Waals surface area contributed by atoms with Crippen LogP contribution in [-0.2, 0) is 4.79 Å². The summed E-state index contributed by atoms with van der Waals surface area (Å²) in [6.45, 7) is 0.745. The summed E-state index contributed by atoms with van der Waals surface area (Å²) in [7, 11) is 0. The Balaban J connectivity index is 2.11. The van der Waals surface area contributed by atoms with Crippen LogP contribution in [0.15, 0.2) is 0 Å². The van der Waals surface area contributed by atoms with Crippen molar-refractivity contribution in [2.75, 3.05) is 31.2 Å². The molecule has 1 amide bonds. The van der Waals surface area contributed by atoms with E-state index in [0.717, 1.165) is 18.1 Å². The molecule has 6 heteroatoms. The number of carbonyl (C=O) groups excluding carboxylic acids is 1. The molecule has 2 atom stereocenters. The molecule has 1 heterocycles. The van der Waals surface area contributed by atoms with Gasteiger partial charge in [-0.05, 0) is 0 Å². The van der Waals surface area contributed by atoms with Crippen LogP contribution in [-0.4, -0.2) is 59.5 Å². The Morgan fingerprint density at radius 1 is 1.67 bits per heavy atom. The molecule has 0 bridgehead atoms. The molecule has 1 aliphatic rings. The smallest absolute Gasteiger partial charge is 0.221 e. The van der Waals surface area contributed by atoms with Gasteiger partial charge in [-0.2, -0.15) is 11.8 Å². The fraction of sp³-hybridized carbons (Fsp3) is 0.889. The number of aliphatic hydroxyl groups is 2. The highest BCUT2D eigenvalue weighted by Gasteiger charge is 2.16. The summed E-state index contributed by atoms with van der Waals surface area (Å²) in [6, 6.07) is 0.231. The fourth-order valence-corrected chi connectivity index (χ4v) is 2.29. The van der Waals surface area contributed by atoms with E-state index in [1.165, 1.54) is 0 Å². The van der Waals surface area contributed by atoms with Crippen molar-refractivity contribution in [1.82, 2.24) is 10.6 Å². The van der Waals surface area contributed by atoms with Gasteiger partial charge >= 0.3 is 0 Å². The molecule has 5 nitrogen and oxygen atoms in total. The Bertz CT molecular complexity index is 198. The number of amides is 1. The Kier molecular flexibility index (Phi) is 6.00. The molecular formula is C9H18N2O3S. The fourth-order valence-electron chi connectivity index (χ4n) is 1.34. The molecule has 2 unspecified atom stereocenters. The number of carbonyl (C=O) groups is 1. The summed E-state index contributed by atoms with van der Waals surface area (Å²) >= 11 is 1.84. The summed E-state index contributed by atoms with van der Waals surface area (Å²) in [5.41, 5.74) is 0. The summed E-state index contributed by atoms with van der Waals surface area (Å²) in [4.78, 5) is 11.4. The number of hydrogen-bond acceptors (Lipinski definition) is 5. The number of aliphatic hydroxyl groups excluding tert-OH is 2. The maximum atomic E-state index is 11.4. The van der Waals surface area contributed by atoms with Gasteiger partial charge in [0.15, 0.2) is 0 Å². The topological polar surface area (TPSA) is 81.6 Å². The number of nitrogens with one attached hydrogen (secondary N) is 2. The second-order valence-corrected chi connectivity index (χ2v) is 4.72. The zero-order chi connectivity index (χ0) is 11.1. The lowest BCUT2D eigenvalue weighted by atomic mass is 10.2. The Labute approximate surface area is 93.6 Å². The molecule has 88 valence electrons. The van der Waals surface area contributed by atoms with Crippen molar-refractivity contribution < 1.29 is 15.0 Å². The molecule has 0 radical (unpaired) electrons. The first kappa shape index (κ1) is 12.8. The Hall–Kier alpha value is -0.300. The van der Waals surface area contributed by atoms with Crippen molar-refractivity contribution in [3.05, 3.63) is 0 Å². The van der Waals surface area contributed by atoms with Crippen molar-refractivity contribution in [3.8, 4) is 0 Å².